The van der Waals surface area contributed by atoms with E-state index in [0.29, 0.717) is 44.3 Å². The molecule has 0 radical (unpaired) electrons. The molecule has 3 rings (SSSR count). The molecule has 0 atom stereocenters. The van der Waals surface area contributed by atoms with Crippen LogP contribution in [0.25, 0.3) is 0 Å². The zero-order valence-corrected chi connectivity index (χ0v) is 18.9. The number of hydrogen-bond donors (Lipinski definition) is 1. The lowest BCUT2D eigenvalue weighted by Gasteiger charge is -2.35. The average Bonchev–Trinajstić information content (AvgIpc) is 3.20. The molecule has 10 heteroatoms. The molecule has 0 saturated carbocycles. The molecule has 1 fully saturated rings. The molecule has 0 spiro atoms. The van der Waals surface area contributed by atoms with Gasteiger partial charge in [-0.1, -0.05) is 31.0 Å². The van der Waals surface area contributed by atoms with Gasteiger partial charge in [0.2, 0.25) is 5.03 Å². The highest BCUT2D eigenvalue weighted by Crippen LogP contribution is 2.24. The van der Waals surface area contributed by atoms with Gasteiger partial charge >= 0.3 is 0 Å². The third-order valence-corrected chi connectivity index (χ3v) is 7.18. The lowest BCUT2D eigenvalue weighted by molar-refractivity contribution is 0.0949. The Morgan fingerprint density at radius 3 is 2.57 bits per heavy atom. The summed E-state index contributed by atoms with van der Waals surface area (Å²) in [4.78, 5) is 14.7. The second-order valence-corrected chi connectivity index (χ2v) is 9.47. The molecule has 1 amide bonds. The number of nitrogens with zero attached hydrogens (tertiary/aromatic N) is 4. The van der Waals surface area contributed by atoms with Gasteiger partial charge in [-0.3, -0.25) is 9.48 Å². The fraction of sp³-hybridized carbons (Fsp3) is 0.500. The van der Waals surface area contributed by atoms with E-state index in [0.717, 1.165) is 18.5 Å². The quantitative estimate of drug-likeness (QED) is 0.621. The van der Waals surface area contributed by atoms with Crippen LogP contribution >= 0.6 is 11.6 Å². The highest BCUT2D eigenvalue weighted by Gasteiger charge is 2.34. The minimum absolute atomic E-state index is 0.102. The molecule has 2 heterocycles. The first kappa shape index (κ1) is 22.6. The van der Waals surface area contributed by atoms with Gasteiger partial charge in [0.25, 0.3) is 15.9 Å². The molecule has 164 valence electrons. The number of sulfonamides is 1. The minimum Gasteiger partial charge on any atom is -0.369 e. The van der Waals surface area contributed by atoms with Gasteiger partial charge in [0.15, 0.2) is 0 Å². The zero-order valence-electron chi connectivity index (χ0n) is 17.3. The molecule has 0 bridgehead atoms. The number of anilines is 1. The van der Waals surface area contributed by atoms with Gasteiger partial charge in [-0.05, 0) is 31.5 Å². The largest absolute Gasteiger partial charge is 0.369 e. The smallest absolute Gasteiger partial charge is 0.263 e. The average molecular weight is 454 g/mol. The van der Waals surface area contributed by atoms with Gasteiger partial charge in [0.05, 0.1) is 5.56 Å². The van der Waals surface area contributed by atoms with E-state index in [1.54, 1.807) is 0 Å². The van der Waals surface area contributed by atoms with Crippen LogP contribution < -0.4 is 10.2 Å². The van der Waals surface area contributed by atoms with Crippen molar-refractivity contribution in [3.05, 3.63) is 41.0 Å². The fourth-order valence-electron chi connectivity index (χ4n) is 3.37. The Balaban J connectivity index is 1.77. The number of rotatable bonds is 8. The summed E-state index contributed by atoms with van der Waals surface area (Å²) in [7, 11) is -3.88. The van der Waals surface area contributed by atoms with Crippen LogP contribution in [-0.2, 0) is 16.6 Å². The van der Waals surface area contributed by atoms with Crippen molar-refractivity contribution in [3.63, 3.8) is 0 Å². The molecule has 1 saturated heterocycles. The first-order valence-electron chi connectivity index (χ1n) is 10.2. The van der Waals surface area contributed by atoms with Gasteiger partial charge < -0.3 is 10.2 Å². The zero-order chi connectivity index (χ0) is 21.7. The highest BCUT2D eigenvalue weighted by atomic mass is 35.5. The van der Waals surface area contributed by atoms with E-state index in [9.17, 15) is 13.2 Å². The second kappa shape index (κ2) is 9.80. The van der Waals surface area contributed by atoms with E-state index < -0.39 is 15.9 Å². The summed E-state index contributed by atoms with van der Waals surface area (Å²) >= 11 is 6.07. The summed E-state index contributed by atoms with van der Waals surface area (Å²) in [6, 6.07) is 7.51. The van der Waals surface area contributed by atoms with E-state index >= 15 is 0 Å². The van der Waals surface area contributed by atoms with E-state index in [1.807, 2.05) is 38.1 Å². The number of carbonyl (C=O) groups excluding carboxylic acids is 1. The minimum atomic E-state index is -3.88. The van der Waals surface area contributed by atoms with Crippen LogP contribution in [0.5, 0.6) is 0 Å². The molecule has 2 aromatic rings. The lowest BCUT2D eigenvalue weighted by Crippen LogP contribution is -2.49. The molecular weight excluding hydrogens is 426 g/mol. The molecule has 1 N–H and O–H groups in total. The number of halogens is 1. The van der Waals surface area contributed by atoms with Crippen LogP contribution in [0.3, 0.4) is 0 Å². The van der Waals surface area contributed by atoms with E-state index in [2.05, 4.69) is 15.3 Å². The second-order valence-electron chi connectivity index (χ2n) is 7.18. The summed E-state index contributed by atoms with van der Waals surface area (Å²) in [6.45, 7) is 6.55. The number of aryl methyl sites for hydroxylation is 1. The number of unbranched alkanes of at least 4 members (excludes halogenated alkanes) is 1. The van der Waals surface area contributed by atoms with Crippen LogP contribution in [0, 0.1) is 0 Å². The van der Waals surface area contributed by atoms with Crippen LogP contribution in [0.1, 0.15) is 37.0 Å². The van der Waals surface area contributed by atoms with Crippen LogP contribution in [0.2, 0.25) is 5.02 Å². The number of piperazine rings is 1. The Hall–Kier alpha value is -2.10. The predicted octanol–water partition coefficient (Wildman–Crippen LogP) is 2.60. The highest BCUT2D eigenvalue weighted by molar-refractivity contribution is 7.89. The SMILES string of the molecule is CCCCNC(=O)c1cn(CC)nc1S(=O)(=O)N1CCN(c2cccc(Cl)c2)CC1. The van der Waals surface area contributed by atoms with Crippen molar-refractivity contribution < 1.29 is 13.2 Å². The standard InChI is InChI=1S/C20H28ClN5O3S/c1-3-5-9-22-19(27)18-15-25(4-2)23-20(18)30(28,29)26-12-10-24(11-13-26)17-8-6-7-16(21)14-17/h6-8,14-15H,3-5,9-13H2,1-2H3,(H,22,27). The van der Waals surface area contributed by atoms with Crippen molar-refractivity contribution in [1.29, 1.82) is 0 Å². The number of aromatic nitrogens is 2. The molecule has 1 aromatic carbocycles. The monoisotopic (exact) mass is 453 g/mol. The third kappa shape index (κ3) is 4.96. The lowest BCUT2D eigenvalue weighted by atomic mass is 10.2. The number of amides is 1. The summed E-state index contributed by atoms with van der Waals surface area (Å²) in [5.74, 6) is -0.403. The van der Waals surface area contributed by atoms with E-state index in [1.165, 1.54) is 15.2 Å². The van der Waals surface area contributed by atoms with Crippen molar-refractivity contribution in [2.75, 3.05) is 37.6 Å². The van der Waals surface area contributed by atoms with Crippen LogP contribution in [0.15, 0.2) is 35.5 Å². The van der Waals surface area contributed by atoms with Crippen molar-refractivity contribution in [3.8, 4) is 0 Å². The maximum absolute atomic E-state index is 13.3. The van der Waals surface area contributed by atoms with E-state index in [-0.39, 0.29) is 10.6 Å². The molecule has 30 heavy (non-hydrogen) atoms. The van der Waals surface area contributed by atoms with Gasteiger partial charge in [-0.15, -0.1) is 0 Å². The number of hydrogen-bond acceptors (Lipinski definition) is 5. The van der Waals surface area contributed by atoms with Crippen molar-refractivity contribution in [1.82, 2.24) is 19.4 Å². The summed E-state index contributed by atoms with van der Waals surface area (Å²) < 4.78 is 29.5. The van der Waals surface area contributed by atoms with E-state index in [4.69, 9.17) is 11.6 Å². The fourth-order valence-corrected chi connectivity index (χ4v) is 5.07. The Kier molecular flexibility index (Phi) is 7.38. The number of benzene rings is 1. The first-order valence-corrected chi connectivity index (χ1v) is 12.0. The Labute approximate surface area is 182 Å². The maximum Gasteiger partial charge on any atom is 0.263 e. The Morgan fingerprint density at radius 2 is 1.93 bits per heavy atom. The molecule has 0 aliphatic carbocycles. The van der Waals surface area contributed by atoms with Crippen LogP contribution in [0.4, 0.5) is 5.69 Å². The normalized spacial score (nSPS) is 15.4. The molecular formula is C20H28ClN5O3S. The Bertz CT molecular complexity index is 984. The summed E-state index contributed by atoms with van der Waals surface area (Å²) in [5, 5.41) is 7.47. The molecule has 1 aliphatic heterocycles. The Morgan fingerprint density at radius 1 is 1.20 bits per heavy atom. The topological polar surface area (TPSA) is 87.5 Å². The van der Waals surface area contributed by atoms with Crippen LogP contribution in [-0.4, -0.2) is 61.1 Å². The van der Waals surface area contributed by atoms with Crippen molar-refractivity contribution in [2.24, 2.45) is 0 Å². The molecule has 1 aliphatic rings. The van der Waals surface area contributed by atoms with Crippen molar-refractivity contribution in [2.45, 2.75) is 38.3 Å². The molecule has 8 nitrogen and oxygen atoms in total. The van der Waals surface area contributed by atoms with Gasteiger partial charge in [0, 0.05) is 56.2 Å². The maximum atomic E-state index is 13.3. The predicted molar refractivity (Wildman–Crippen MR) is 118 cm³/mol. The first-order chi connectivity index (χ1) is 14.4. The van der Waals surface area contributed by atoms with Gasteiger partial charge in [-0.25, -0.2) is 8.42 Å². The van der Waals surface area contributed by atoms with Crippen molar-refractivity contribution >= 4 is 33.2 Å². The number of carbonyl (C=O) groups is 1. The number of nitrogens with one attached hydrogen (secondary N) is 1. The molecule has 0 unspecified atom stereocenters. The molecule has 1 aromatic heterocycles. The summed E-state index contributed by atoms with van der Waals surface area (Å²) in [5.41, 5.74) is 1.07. The summed E-state index contributed by atoms with van der Waals surface area (Å²) in [6.07, 6.45) is 3.29. The van der Waals surface area contributed by atoms with Gasteiger partial charge in [-0.2, -0.15) is 9.40 Å². The van der Waals surface area contributed by atoms with Gasteiger partial charge in [0.1, 0.15) is 0 Å². The third-order valence-electron chi connectivity index (χ3n) is 5.11.